The molecule has 28 heavy (non-hydrogen) atoms. The summed E-state index contributed by atoms with van der Waals surface area (Å²) < 4.78 is 7.36. The van der Waals surface area contributed by atoms with Crippen molar-refractivity contribution in [2.24, 2.45) is 0 Å². The molecule has 0 bridgehead atoms. The molecular weight excluding hydrogens is 374 g/mol. The minimum Gasteiger partial charge on any atom is -0.484 e. The van der Waals surface area contributed by atoms with E-state index in [0.717, 1.165) is 16.3 Å². The first-order chi connectivity index (χ1) is 13.7. The number of benzene rings is 3. The van der Waals surface area contributed by atoms with Gasteiger partial charge in [0.2, 0.25) is 0 Å². The highest BCUT2D eigenvalue weighted by atomic mass is 35.5. The van der Waals surface area contributed by atoms with E-state index in [1.54, 1.807) is 10.7 Å². The average Bonchev–Trinajstić information content (AvgIpc) is 3.14. The monoisotopic (exact) mass is 391 g/mol. The molecule has 0 atom stereocenters. The molecule has 0 saturated heterocycles. The van der Waals surface area contributed by atoms with Gasteiger partial charge in [0.1, 0.15) is 5.75 Å². The zero-order chi connectivity index (χ0) is 19.3. The Morgan fingerprint density at radius 3 is 2.61 bits per heavy atom. The Balaban J connectivity index is 1.32. The van der Waals surface area contributed by atoms with E-state index in [4.69, 9.17) is 16.3 Å². The standard InChI is InChI=1S/C22H18ClN3O2/c23-19-8-5-16(6-9-19)14-26-12-11-21(25-26)24-22(27)15-28-20-10-7-17-3-1-2-4-18(17)13-20/h1-13H,14-15H2,(H,24,25,27). The third-order valence-corrected chi connectivity index (χ3v) is 4.51. The van der Waals surface area contributed by atoms with Crippen molar-refractivity contribution >= 4 is 34.1 Å². The number of carbonyl (C=O) groups excluding carboxylic acids is 1. The SMILES string of the molecule is O=C(COc1ccc2ccccc2c1)Nc1ccn(Cc2ccc(Cl)cc2)n1. The highest BCUT2D eigenvalue weighted by molar-refractivity contribution is 6.30. The summed E-state index contributed by atoms with van der Waals surface area (Å²) in [5, 5.41) is 10.0. The Labute approximate surface area is 167 Å². The predicted octanol–water partition coefficient (Wildman–Crippen LogP) is 4.76. The van der Waals surface area contributed by atoms with E-state index in [1.165, 1.54) is 0 Å². The molecule has 0 unspecified atom stereocenters. The largest absolute Gasteiger partial charge is 0.484 e. The van der Waals surface area contributed by atoms with Gasteiger partial charge in [-0.3, -0.25) is 9.48 Å². The van der Waals surface area contributed by atoms with Gasteiger partial charge >= 0.3 is 0 Å². The van der Waals surface area contributed by atoms with Crippen LogP contribution in [0.3, 0.4) is 0 Å². The van der Waals surface area contributed by atoms with E-state index >= 15 is 0 Å². The van der Waals surface area contributed by atoms with Crippen LogP contribution in [0.4, 0.5) is 5.82 Å². The first-order valence-corrected chi connectivity index (χ1v) is 9.23. The molecule has 0 aliphatic heterocycles. The number of halogens is 1. The van der Waals surface area contributed by atoms with Crippen molar-refractivity contribution in [3.63, 3.8) is 0 Å². The summed E-state index contributed by atoms with van der Waals surface area (Å²) in [6.07, 6.45) is 1.81. The summed E-state index contributed by atoms with van der Waals surface area (Å²) in [5.74, 6) is 0.882. The summed E-state index contributed by atoms with van der Waals surface area (Å²) in [6.45, 7) is 0.517. The fraction of sp³-hybridized carbons (Fsp3) is 0.0909. The number of rotatable bonds is 6. The fourth-order valence-electron chi connectivity index (χ4n) is 2.88. The van der Waals surface area contributed by atoms with Crippen LogP contribution in [-0.4, -0.2) is 22.3 Å². The van der Waals surface area contributed by atoms with Gasteiger partial charge in [-0.2, -0.15) is 5.10 Å². The number of nitrogens with zero attached hydrogens (tertiary/aromatic N) is 2. The number of anilines is 1. The second-order valence-corrected chi connectivity index (χ2v) is 6.81. The number of nitrogens with one attached hydrogen (secondary N) is 1. The number of hydrogen-bond acceptors (Lipinski definition) is 3. The molecule has 0 aliphatic carbocycles. The quantitative estimate of drug-likeness (QED) is 0.515. The highest BCUT2D eigenvalue weighted by Crippen LogP contribution is 2.20. The van der Waals surface area contributed by atoms with Crippen LogP contribution in [0.1, 0.15) is 5.56 Å². The number of ether oxygens (including phenoxy) is 1. The molecule has 4 aromatic rings. The molecule has 140 valence electrons. The van der Waals surface area contributed by atoms with Gasteiger partial charge in [0, 0.05) is 17.3 Å². The summed E-state index contributed by atoms with van der Waals surface area (Å²) in [6, 6.07) is 23.1. The first kappa shape index (κ1) is 18.1. The summed E-state index contributed by atoms with van der Waals surface area (Å²) in [5.41, 5.74) is 1.07. The van der Waals surface area contributed by atoms with E-state index in [9.17, 15) is 4.79 Å². The van der Waals surface area contributed by atoms with E-state index in [-0.39, 0.29) is 12.5 Å². The van der Waals surface area contributed by atoms with Crippen molar-refractivity contribution in [1.29, 1.82) is 0 Å². The van der Waals surface area contributed by atoms with Crippen LogP contribution < -0.4 is 10.1 Å². The highest BCUT2D eigenvalue weighted by Gasteiger charge is 2.07. The van der Waals surface area contributed by atoms with Crippen LogP contribution in [0.25, 0.3) is 10.8 Å². The first-order valence-electron chi connectivity index (χ1n) is 8.85. The Bertz CT molecular complexity index is 1110. The molecule has 6 heteroatoms. The lowest BCUT2D eigenvalue weighted by Gasteiger charge is -2.07. The summed E-state index contributed by atoms with van der Waals surface area (Å²) >= 11 is 5.90. The van der Waals surface area contributed by atoms with Gasteiger partial charge in [0.25, 0.3) is 5.91 Å². The molecule has 0 saturated carbocycles. The minimum absolute atomic E-state index is 0.0810. The molecule has 3 aromatic carbocycles. The van der Waals surface area contributed by atoms with Crippen molar-refractivity contribution in [3.8, 4) is 5.75 Å². The van der Waals surface area contributed by atoms with Crippen molar-refractivity contribution in [2.45, 2.75) is 6.54 Å². The summed E-state index contributed by atoms with van der Waals surface area (Å²) in [7, 11) is 0. The topological polar surface area (TPSA) is 56.1 Å². The van der Waals surface area contributed by atoms with Gasteiger partial charge < -0.3 is 10.1 Å². The van der Waals surface area contributed by atoms with Crippen LogP contribution in [0.15, 0.2) is 79.0 Å². The molecule has 1 heterocycles. The predicted molar refractivity (Wildman–Crippen MR) is 111 cm³/mol. The van der Waals surface area contributed by atoms with Crippen molar-refractivity contribution in [1.82, 2.24) is 9.78 Å². The smallest absolute Gasteiger partial charge is 0.263 e. The maximum atomic E-state index is 12.2. The molecule has 1 aromatic heterocycles. The van der Waals surface area contributed by atoms with Crippen LogP contribution in [0, 0.1) is 0 Å². The average molecular weight is 392 g/mol. The molecule has 1 N–H and O–H groups in total. The van der Waals surface area contributed by atoms with Crippen molar-refractivity contribution in [3.05, 3.63) is 89.6 Å². The van der Waals surface area contributed by atoms with Gasteiger partial charge in [-0.25, -0.2) is 0 Å². The van der Waals surface area contributed by atoms with Gasteiger partial charge in [-0.05, 0) is 40.6 Å². The third kappa shape index (κ3) is 4.50. The normalized spacial score (nSPS) is 10.8. The van der Waals surface area contributed by atoms with E-state index in [2.05, 4.69) is 10.4 Å². The number of aromatic nitrogens is 2. The van der Waals surface area contributed by atoms with Crippen LogP contribution in [-0.2, 0) is 11.3 Å². The van der Waals surface area contributed by atoms with E-state index in [1.807, 2.05) is 72.9 Å². The van der Waals surface area contributed by atoms with Crippen molar-refractivity contribution < 1.29 is 9.53 Å². The lowest BCUT2D eigenvalue weighted by atomic mass is 10.1. The fourth-order valence-corrected chi connectivity index (χ4v) is 3.00. The molecule has 1 amide bonds. The van der Waals surface area contributed by atoms with E-state index < -0.39 is 0 Å². The maximum Gasteiger partial charge on any atom is 0.263 e. The lowest BCUT2D eigenvalue weighted by molar-refractivity contribution is -0.118. The molecule has 0 fully saturated rings. The zero-order valence-corrected chi connectivity index (χ0v) is 15.8. The Morgan fingerprint density at radius 1 is 1.00 bits per heavy atom. The van der Waals surface area contributed by atoms with Gasteiger partial charge in [-0.1, -0.05) is 54.1 Å². The molecule has 0 spiro atoms. The van der Waals surface area contributed by atoms with Gasteiger partial charge in [0.05, 0.1) is 6.54 Å². The molecule has 0 radical (unpaired) electrons. The molecule has 5 nitrogen and oxygen atoms in total. The van der Waals surface area contributed by atoms with Crippen LogP contribution in [0.5, 0.6) is 5.75 Å². The maximum absolute atomic E-state index is 12.2. The second kappa shape index (κ2) is 8.15. The Morgan fingerprint density at radius 2 is 1.79 bits per heavy atom. The summed E-state index contributed by atoms with van der Waals surface area (Å²) in [4.78, 5) is 12.2. The van der Waals surface area contributed by atoms with Crippen LogP contribution >= 0.6 is 11.6 Å². The lowest BCUT2D eigenvalue weighted by Crippen LogP contribution is -2.20. The molecule has 0 aliphatic rings. The zero-order valence-electron chi connectivity index (χ0n) is 15.0. The number of hydrogen-bond donors (Lipinski definition) is 1. The number of fused-ring (bicyclic) bond motifs is 1. The third-order valence-electron chi connectivity index (χ3n) is 4.26. The number of carbonyl (C=O) groups is 1. The Kier molecular flexibility index (Phi) is 5.26. The minimum atomic E-state index is -0.259. The molecular formula is C22H18ClN3O2. The number of amides is 1. The van der Waals surface area contributed by atoms with Gasteiger partial charge in [0.15, 0.2) is 12.4 Å². The van der Waals surface area contributed by atoms with Gasteiger partial charge in [-0.15, -0.1) is 0 Å². The second-order valence-electron chi connectivity index (χ2n) is 6.37. The van der Waals surface area contributed by atoms with Crippen molar-refractivity contribution in [2.75, 3.05) is 11.9 Å². The molecule has 4 rings (SSSR count). The Hall–Kier alpha value is -3.31. The van der Waals surface area contributed by atoms with Crippen LogP contribution in [0.2, 0.25) is 5.02 Å². The van der Waals surface area contributed by atoms with E-state index in [0.29, 0.717) is 23.1 Å².